The van der Waals surface area contributed by atoms with Crippen LogP contribution >= 0.6 is 0 Å². The van der Waals surface area contributed by atoms with E-state index in [0.29, 0.717) is 6.07 Å². The van der Waals surface area contributed by atoms with Crippen LogP contribution in [-0.2, 0) is 6.54 Å². The zero-order chi connectivity index (χ0) is 14.0. The summed E-state index contributed by atoms with van der Waals surface area (Å²) in [6.45, 7) is 1.94. The van der Waals surface area contributed by atoms with E-state index in [1.807, 2.05) is 0 Å². The largest absolute Gasteiger partial charge is 0.375 e. The van der Waals surface area contributed by atoms with Crippen LogP contribution in [0.2, 0.25) is 0 Å². The molecule has 100 valence electrons. The molecule has 2 aromatic rings. The first-order valence-electron chi connectivity index (χ1n) is 5.35. The number of nitro benzene ring substituents is 1. The number of H-pyrrole nitrogens is 1. The summed E-state index contributed by atoms with van der Waals surface area (Å²) in [5.74, 6) is -2.09. The van der Waals surface area contributed by atoms with E-state index < -0.39 is 22.2 Å². The Balaban J connectivity index is 2.29. The number of nitrogens with one attached hydrogen (secondary N) is 2. The molecule has 0 unspecified atom stereocenters. The Labute approximate surface area is 106 Å². The lowest BCUT2D eigenvalue weighted by Crippen LogP contribution is -2.05. The van der Waals surface area contributed by atoms with Crippen molar-refractivity contribution in [1.29, 1.82) is 0 Å². The summed E-state index contributed by atoms with van der Waals surface area (Å²) in [5, 5.41) is 19.9. The van der Waals surface area contributed by atoms with E-state index >= 15 is 0 Å². The van der Waals surface area contributed by atoms with Crippen molar-refractivity contribution in [2.45, 2.75) is 13.5 Å². The quantitative estimate of drug-likeness (QED) is 0.659. The van der Waals surface area contributed by atoms with Crippen LogP contribution in [0.1, 0.15) is 11.3 Å². The van der Waals surface area contributed by atoms with Gasteiger partial charge in [-0.25, -0.2) is 4.39 Å². The van der Waals surface area contributed by atoms with E-state index in [1.54, 1.807) is 6.92 Å². The number of benzene rings is 1. The maximum absolute atomic E-state index is 13.4. The summed E-state index contributed by atoms with van der Waals surface area (Å²) in [5.41, 5.74) is 0.539. The number of nitro groups is 1. The summed E-state index contributed by atoms with van der Waals surface area (Å²) in [6, 6.07) is 1.36. The van der Waals surface area contributed by atoms with Gasteiger partial charge in [-0.05, 0) is 6.92 Å². The molecule has 0 spiro atoms. The van der Waals surface area contributed by atoms with E-state index in [1.165, 1.54) is 6.20 Å². The molecule has 2 N–H and O–H groups in total. The average molecular weight is 268 g/mol. The fourth-order valence-electron chi connectivity index (χ4n) is 1.63. The second kappa shape index (κ2) is 5.01. The van der Waals surface area contributed by atoms with Gasteiger partial charge in [0.15, 0.2) is 0 Å². The number of hydrogen-bond acceptors (Lipinski definition) is 4. The van der Waals surface area contributed by atoms with E-state index in [0.717, 1.165) is 17.3 Å². The Kier molecular flexibility index (Phi) is 3.41. The van der Waals surface area contributed by atoms with Crippen LogP contribution in [0.4, 0.5) is 20.2 Å². The van der Waals surface area contributed by atoms with Gasteiger partial charge in [0.25, 0.3) is 0 Å². The highest BCUT2D eigenvalue weighted by Crippen LogP contribution is 2.29. The van der Waals surface area contributed by atoms with Crippen molar-refractivity contribution in [2.24, 2.45) is 0 Å². The lowest BCUT2D eigenvalue weighted by Gasteiger charge is -2.07. The van der Waals surface area contributed by atoms with Crippen molar-refractivity contribution < 1.29 is 13.7 Å². The fourth-order valence-corrected chi connectivity index (χ4v) is 1.63. The molecular weight excluding hydrogens is 258 g/mol. The van der Waals surface area contributed by atoms with Gasteiger partial charge in [-0.1, -0.05) is 0 Å². The minimum atomic E-state index is -1.21. The lowest BCUT2D eigenvalue weighted by atomic mass is 10.2. The average Bonchev–Trinajstić information content (AvgIpc) is 2.70. The van der Waals surface area contributed by atoms with Crippen LogP contribution < -0.4 is 5.32 Å². The Morgan fingerprint density at radius 3 is 2.79 bits per heavy atom. The van der Waals surface area contributed by atoms with Crippen LogP contribution in [0, 0.1) is 28.7 Å². The summed E-state index contributed by atoms with van der Waals surface area (Å²) in [7, 11) is 0. The first-order chi connectivity index (χ1) is 8.99. The molecule has 8 heteroatoms. The van der Waals surface area contributed by atoms with Crippen LogP contribution in [0.25, 0.3) is 0 Å². The predicted molar refractivity (Wildman–Crippen MR) is 63.7 cm³/mol. The Morgan fingerprint density at radius 1 is 1.47 bits per heavy atom. The molecule has 0 saturated heterocycles. The number of halogens is 2. The lowest BCUT2D eigenvalue weighted by molar-refractivity contribution is -0.386. The molecule has 1 aromatic heterocycles. The normalized spacial score (nSPS) is 10.5. The van der Waals surface area contributed by atoms with Crippen molar-refractivity contribution in [3.8, 4) is 0 Å². The molecule has 0 bridgehead atoms. The third-order valence-electron chi connectivity index (χ3n) is 2.61. The van der Waals surface area contributed by atoms with Crippen LogP contribution in [0.5, 0.6) is 0 Å². The standard InChI is InChI=1S/C11H10F2N4O2/c1-6-7(5-15-16-6)4-14-10-3-8(12)2-9(13)11(10)17(18)19/h2-3,5,14H,4H2,1H3,(H,15,16). The number of hydrogen-bond donors (Lipinski definition) is 2. The third-order valence-corrected chi connectivity index (χ3v) is 2.61. The van der Waals surface area contributed by atoms with Gasteiger partial charge in [0.1, 0.15) is 11.5 Å². The maximum atomic E-state index is 13.4. The number of rotatable bonds is 4. The molecule has 6 nitrogen and oxygen atoms in total. The second-order valence-corrected chi connectivity index (χ2v) is 3.91. The maximum Gasteiger partial charge on any atom is 0.327 e. The Hall–Kier alpha value is -2.51. The summed E-state index contributed by atoms with van der Waals surface area (Å²) in [4.78, 5) is 9.88. The summed E-state index contributed by atoms with van der Waals surface area (Å²) < 4.78 is 26.5. The molecule has 0 aliphatic rings. The smallest absolute Gasteiger partial charge is 0.327 e. The third kappa shape index (κ3) is 2.67. The molecule has 19 heavy (non-hydrogen) atoms. The Bertz CT molecular complexity index is 627. The highest BCUT2D eigenvalue weighted by atomic mass is 19.1. The number of aromatic amines is 1. The molecule has 1 heterocycles. The molecule has 0 atom stereocenters. The number of nitrogens with zero attached hydrogens (tertiary/aromatic N) is 2. The minimum Gasteiger partial charge on any atom is -0.375 e. The van der Waals surface area contributed by atoms with E-state index in [2.05, 4.69) is 15.5 Å². The molecule has 1 aromatic carbocycles. The molecule has 0 fully saturated rings. The SMILES string of the molecule is Cc1[nH]ncc1CNc1cc(F)cc(F)c1[N+](=O)[O-]. The Morgan fingerprint density at radius 2 is 2.21 bits per heavy atom. The highest BCUT2D eigenvalue weighted by Gasteiger charge is 2.21. The van der Waals surface area contributed by atoms with Gasteiger partial charge in [0, 0.05) is 29.9 Å². The monoisotopic (exact) mass is 268 g/mol. The van der Waals surface area contributed by atoms with Crippen molar-refractivity contribution >= 4 is 11.4 Å². The second-order valence-electron chi connectivity index (χ2n) is 3.91. The molecule has 2 rings (SSSR count). The fraction of sp³-hybridized carbons (Fsp3) is 0.182. The van der Waals surface area contributed by atoms with Gasteiger partial charge < -0.3 is 5.32 Å². The van der Waals surface area contributed by atoms with E-state index in [-0.39, 0.29) is 12.2 Å². The van der Waals surface area contributed by atoms with Gasteiger partial charge in [-0.2, -0.15) is 9.49 Å². The number of aromatic nitrogens is 2. The van der Waals surface area contributed by atoms with Gasteiger partial charge in [0.2, 0.25) is 5.82 Å². The molecule has 0 radical (unpaired) electrons. The molecule has 0 amide bonds. The number of anilines is 1. The topological polar surface area (TPSA) is 83.8 Å². The molecular formula is C11H10F2N4O2. The van der Waals surface area contributed by atoms with Gasteiger partial charge in [-0.15, -0.1) is 0 Å². The molecule has 0 aliphatic heterocycles. The number of aryl methyl sites for hydroxylation is 1. The van der Waals surface area contributed by atoms with Crippen LogP contribution in [0.15, 0.2) is 18.3 Å². The van der Waals surface area contributed by atoms with Crippen LogP contribution in [-0.4, -0.2) is 15.1 Å². The van der Waals surface area contributed by atoms with Gasteiger partial charge >= 0.3 is 5.69 Å². The molecule has 0 saturated carbocycles. The first kappa shape index (κ1) is 12.9. The zero-order valence-corrected chi connectivity index (χ0v) is 9.91. The highest BCUT2D eigenvalue weighted by molar-refractivity contribution is 5.62. The summed E-state index contributed by atoms with van der Waals surface area (Å²) in [6.07, 6.45) is 1.53. The summed E-state index contributed by atoms with van der Waals surface area (Å²) >= 11 is 0. The van der Waals surface area contributed by atoms with Crippen molar-refractivity contribution in [2.75, 3.05) is 5.32 Å². The van der Waals surface area contributed by atoms with Crippen molar-refractivity contribution in [3.63, 3.8) is 0 Å². The zero-order valence-electron chi connectivity index (χ0n) is 9.91. The first-order valence-corrected chi connectivity index (χ1v) is 5.35. The van der Waals surface area contributed by atoms with Gasteiger partial charge in [-0.3, -0.25) is 15.2 Å². The van der Waals surface area contributed by atoms with Crippen molar-refractivity contribution in [1.82, 2.24) is 10.2 Å². The van der Waals surface area contributed by atoms with Crippen molar-refractivity contribution in [3.05, 3.63) is 51.3 Å². The molecule has 0 aliphatic carbocycles. The van der Waals surface area contributed by atoms with Gasteiger partial charge in [0.05, 0.1) is 11.1 Å². The minimum absolute atomic E-state index is 0.173. The van der Waals surface area contributed by atoms with E-state index in [9.17, 15) is 18.9 Å². The van der Waals surface area contributed by atoms with E-state index in [4.69, 9.17) is 0 Å². The predicted octanol–water partition coefficient (Wildman–Crippen LogP) is 2.52. The van der Waals surface area contributed by atoms with Crippen LogP contribution in [0.3, 0.4) is 0 Å².